The van der Waals surface area contributed by atoms with Crippen molar-refractivity contribution in [2.75, 3.05) is 0 Å². The van der Waals surface area contributed by atoms with E-state index in [1.807, 2.05) is 0 Å². The molecule has 0 fully saturated rings. The second-order valence-corrected chi connectivity index (χ2v) is 9.70. The van der Waals surface area contributed by atoms with Crippen LogP contribution in [-0.2, 0) is 0 Å². The summed E-state index contributed by atoms with van der Waals surface area (Å²) >= 11 is 0.997. The molecule has 7 heteroatoms. The molecule has 0 N–H and O–H groups in total. The number of rotatable bonds is 4. The molecule has 2 heterocycles. The third kappa shape index (κ3) is 3.47. The van der Waals surface area contributed by atoms with Crippen molar-refractivity contribution in [3.8, 4) is 11.1 Å². The minimum Gasteiger partial charge on any atom is -0.310 e. The summed E-state index contributed by atoms with van der Waals surface area (Å²) in [5.74, 6) is 0.376. The highest BCUT2D eigenvalue weighted by molar-refractivity contribution is 7.00. The molecule has 178 valence electrons. The molecule has 0 saturated heterocycles. The molecule has 1 unspecified atom stereocenters. The van der Waals surface area contributed by atoms with E-state index in [4.69, 9.17) is 0 Å². The van der Waals surface area contributed by atoms with Crippen LogP contribution in [-0.4, -0.2) is 18.2 Å². The van der Waals surface area contributed by atoms with Crippen molar-refractivity contribution >= 4 is 56.0 Å². The summed E-state index contributed by atoms with van der Waals surface area (Å²) in [4.78, 5) is 11.1. The van der Waals surface area contributed by atoms with Crippen molar-refractivity contribution in [2.24, 2.45) is 0 Å². The summed E-state index contributed by atoms with van der Waals surface area (Å²) < 4.78 is 10.9. The zero-order chi connectivity index (χ0) is 24.9. The Hall–Kier alpha value is -4.62. The van der Waals surface area contributed by atoms with Crippen LogP contribution in [0, 0.1) is 10.1 Å². The number of nitro groups is 1. The van der Waals surface area contributed by atoms with Gasteiger partial charge >= 0.3 is 0 Å². The predicted molar refractivity (Wildman–Crippen MR) is 150 cm³/mol. The fourth-order valence-electron chi connectivity index (χ4n) is 5.37. The maximum absolute atomic E-state index is 11.5. The molecule has 1 aliphatic carbocycles. The normalized spacial score (nSPS) is 15.5. The van der Waals surface area contributed by atoms with Gasteiger partial charge < -0.3 is 4.57 Å². The zero-order valence-electron chi connectivity index (χ0n) is 19.6. The zero-order valence-corrected chi connectivity index (χ0v) is 20.4. The highest BCUT2D eigenvalue weighted by atomic mass is 32.1. The van der Waals surface area contributed by atoms with Crippen LogP contribution in [0.1, 0.15) is 17.9 Å². The molecular formula is C30H20N4O2S. The van der Waals surface area contributed by atoms with Gasteiger partial charge in [-0.2, -0.15) is 8.75 Å². The number of nitro benzene ring substituents is 1. The topological polar surface area (TPSA) is 73.8 Å². The lowest BCUT2D eigenvalue weighted by molar-refractivity contribution is -0.383. The quantitative estimate of drug-likeness (QED) is 0.182. The Morgan fingerprint density at radius 2 is 1.65 bits per heavy atom. The highest BCUT2D eigenvalue weighted by Crippen LogP contribution is 2.39. The first-order valence-corrected chi connectivity index (χ1v) is 12.8. The fourth-order valence-corrected chi connectivity index (χ4v) is 5.94. The minimum atomic E-state index is -0.405. The van der Waals surface area contributed by atoms with Crippen molar-refractivity contribution < 1.29 is 4.92 Å². The van der Waals surface area contributed by atoms with Crippen LogP contribution in [0.15, 0.2) is 103 Å². The van der Waals surface area contributed by atoms with E-state index in [2.05, 4.69) is 104 Å². The summed E-state index contributed by atoms with van der Waals surface area (Å²) in [6.45, 7) is 0. The molecule has 37 heavy (non-hydrogen) atoms. The first-order chi connectivity index (χ1) is 18.2. The van der Waals surface area contributed by atoms with Gasteiger partial charge in [-0.3, -0.25) is 10.1 Å². The SMILES string of the molecule is O=[N+]([O-])c1ccc(-c2ccc3c(c2)c2ccccc2n3C2=CCC(c3ccccc3)C=C2)c2nsnc12. The Balaban J connectivity index is 1.36. The van der Waals surface area contributed by atoms with Gasteiger partial charge in [0.2, 0.25) is 0 Å². The summed E-state index contributed by atoms with van der Waals surface area (Å²) in [5, 5.41) is 13.8. The Kier molecular flexibility index (Phi) is 4.97. The third-order valence-electron chi connectivity index (χ3n) is 7.14. The van der Waals surface area contributed by atoms with E-state index in [9.17, 15) is 10.1 Å². The van der Waals surface area contributed by atoms with Gasteiger partial charge in [-0.25, -0.2) is 0 Å². The summed E-state index contributed by atoms with van der Waals surface area (Å²) in [6.07, 6.45) is 7.78. The van der Waals surface area contributed by atoms with Crippen LogP contribution in [0.4, 0.5) is 5.69 Å². The number of allylic oxidation sites excluding steroid dienone is 4. The summed E-state index contributed by atoms with van der Waals surface area (Å²) in [6, 6.07) is 28.7. The Bertz CT molecular complexity index is 1900. The van der Waals surface area contributed by atoms with Gasteiger partial charge in [-0.1, -0.05) is 66.7 Å². The first-order valence-electron chi connectivity index (χ1n) is 12.1. The second kappa shape index (κ2) is 8.50. The van der Waals surface area contributed by atoms with Crippen LogP contribution in [0.25, 0.3) is 49.7 Å². The van der Waals surface area contributed by atoms with Crippen LogP contribution >= 0.6 is 11.7 Å². The van der Waals surface area contributed by atoms with Gasteiger partial charge in [-0.05, 0) is 47.9 Å². The van der Waals surface area contributed by atoms with Crippen molar-refractivity contribution in [3.63, 3.8) is 0 Å². The number of fused-ring (bicyclic) bond motifs is 4. The van der Waals surface area contributed by atoms with Gasteiger partial charge in [-0.15, -0.1) is 0 Å². The van der Waals surface area contributed by atoms with Crippen molar-refractivity contribution in [1.29, 1.82) is 0 Å². The molecule has 1 atom stereocenters. The van der Waals surface area contributed by atoms with Crippen LogP contribution in [0.3, 0.4) is 0 Å². The molecule has 0 aliphatic heterocycles. The monoisotopic (exact) mass is 500 g/mol. The van der Waals surface area contributed by atoms with Gasteiger partial charge in [0, 0.05) is 34.0 Å². The smallest absolute Gasteiger partial charge is 0.298 e. The lowest BCUT2D eigenvalue weighted by Gasteiger charge is -2.18. The Labute approximate surface area is 216 Å². The first kappa shape index (κ1) is 21.6. The molecule has 0 amide bonds. The molecule has 6 nitrogen and oxygen atoms in total. The maximum atomic E-state index is 11.5. The van der Waals surface area contributed by atoms with Crippen LogP contribution < -0.4 is 0 Å². The largest absolute Gasteiger partial charge is 0.310 e. The average Bonchev–Trinajstić information content (AvgIpc) is 3.56. The lowest BCUT2D eigenvalue weighted by atomic mass is 9.92. The number of benzene rings is 4. The molecular weight excluding hydrogens is 480 g/mol. The Morgan fingerprint density at radius 3 is 2.46 bits per heavy atom. The number of nitrogens with zero attached hydrogens (tertiary/aromatic N) is 4. The lowest BCUT2D eigenvalue weighted by Crippen LogP contribution is -2.02. The minimum absolute atomic E-state index is 0.0185. The van der Waals surface area contributed by atoms with Crippen molar-refractivity contribution in [1.82, 2.24) is 13.3 Å². The highest BCUT2D eigenvalue weighted by Gasteiger charge is 2.21. The number of para-hydroxylation sites is 1. The van der Waals surface area contributed by atoms with Gasteiger partial charge in [0.15, 0.2) is 5.52 Å². The van der Waals surface area contributed by atoms with E-state index in [1.165, 1.54) is 11.6 Å². The van der Waals surface area contributed by atoms with Crippen molar-refractivity contribution in [3.05, 3.63) is 119 Å². The van der Waals surface area contributed by atoms with Crippen molar-refractivity contribution in [2.45, 2.75) is 12.3 Å². The van der Waals surface area contributed by atoms with E-state index in [0.29, 0.717) is 17.0 Å². The molecule has 7 rings (SSSR count). The van der Waals surface area contributed by atoms with Crippen LogP contribution in [0.5, 0.6) is 0 Å². The standard InChI is InChI=1S/C30H20N4O2S/c35-34(36)28-17-15-23(29-30(28)32-37-31-29)21-12-16-27-25(18-21)24-8-4-5-9-26(24)33(27)22-13-10-20(11-14-22)19-6-2-1-3-7-19/h1-10,12-18,20H,11H2. The predicted octanol–water partition coefficient (Wildman–Crippen LogP) is 7.96. The molecule has 0 bridgehead atoms. The third-order valence-corrected chi connectivity index (χ3v) is 7.67. The fraction of sp³-hybridized carbons (Fsp3) is 0.0667. The number of hydrogen-bond acceptors (Lipinski definition) is 5. The molecule has 0 spiro atoms. The molecule has 6 aromatic rings. The van der Waals surface area contributed by atoms with E-state index in [-0.39, 0.29) is 5.69 Å². The molecule has 4 aromatic carbocycles. The molecule has 1 aliphatic rings. The van der Waals surface area contributed by atoms with E-state index in [1.54, 1.807) is 6.07 Å². The number of non-ortho nitro benzene ring substituents is 1. The summed E-state index contributed by atoms with van der Waals surface area (Å²) in [7, 11) is 0. The molecule has 0 radical (unpaired) electrons. The number of hydrogen-bond donors (Lipinski definition) is 0. The summed E-state index contributed by atoms with van der Waals surface area (Å²) in [5.41, 5.74) is 7.43. The maximum Gasteiger partial charge on any atom is 0.298 e. The van der Waals surface area contributed by atoms with Gasteiger partial charge in [0.05, 0.1) is 27.7 Å². The number of aromatic nitrogens is 3. The second-order valence-electron chi connectivity index (χ2n) is 9.18. The molecule has 0 saturated carbocycles. The average molecular weight is 501 g/mol. The molecule has 2 aromatic heterocycles. The Morgan fingerprint density at radius 1 is 0.865 bits per heavy atom. The van der Waals surface area contributed by atoms with Gasteiger partial charge in [0.1, 0.15) is 5.52 Å². The van der Waals surface area contributed by atoms with Crippen LogP contribution in [0.2, 0.25) is 0 Å². The van der Waals surface area contributed by atoms with Gasteiger partial charge in [0.25, 0.3) is 5.69 Å². The van der Waals surface area contributed by atoms with E-state index < -0.39 is 4.92 Å². The van der Waals surface area contributed by atoms with E-state index >= 15 is 0 Å². The van der Waals surface area contributed by atoms with E-state index in [0.717, 1.165) is 56.8 Å².